The molecule has 0 aromatic carbocycles. The molecule has 0 aliphatic heterocycles. The second kappa shape index (κ2) is 5.81. The Morgan fingerprint density at radius 1 is 1.45 bits per heavy atom. The van der Waals surface area contributed by atoms with Crippen LogP contribution in [0.2, 0.25) is 5.15 Å². The quantitative estimate of drug-likeness (QED) is 0.799. The molecule has 1 aliphatic rings. The van der Waals surface area contributed by atoms with Crippen molar-refractivity contribution < 1.29 is 13.9 Å². The third-order valence-electron chi connectivity index (χ3n) is 3.90. The standard InChI is InChI=1S/C14H15ClF2N4O/c15-12-5-11(19-7-14(8-22)2-3-14)9(6-18-12)10-1-4-21(20-10)13(16)17/h1,4-6,13,22H,2-3,7-8H2,(H,18,19). The minimum absolute atomic E-state index is 0.0879. The SMILES string of the molecule is OCC1(CNc2cc(Cl)ncc2-c2ccn(C(F)F)n2)CC1. The fourth-order valence-corrected chi connectivity index (χ4v) is 2.38. The molecule has 0 atom stereocenters. The van der Waals surface area contributed by atoms with Crippen molar-refractivity contribution in [2.24, 2.45) is 5.41 Å². The number of hydrogen-bond donors (Lipinski definition) is 2. The van der Waals surface area contributed by atoms with Gasteiger partial charge in [-0.05, 0) is 25.0 Å². The number of hydrogen-bond acceptors (Lipinski definition) is 4. The topological polar surface area (TPSA) is 63.0 Å². The molecule has 1 saturated carbocycles. The van der Waals surface area contributed by atoms with E-state index >= 15 is 0 Å². The molecule has 0 unspecified atom stereocenters. The lowest BCUT2D eigenvalue weighted by atomic mass is 10.1. The first-order valence-corrected chi connectivity index (χ1v) is 7.25. The number of rotatable bonds is 6. The van der Waals surface area contributed by atoms with Crippen LogP contribution in [-0.2, 0) is 0 Å². The average Bonchev–Trinajstić information content (AvgIpc) is 3.12. The maximum atomic E-state index is 12.6. The highest BCUT2D eigenvalue weighted by Gasteiger charge is 2.41. The predicted octanol–water partition coefficient (Wildman–Crippen LogP) is 3.18. The summed E-state index contributed by atoms with van der Waals surface area (Å²) in [6.07, 6.45) is 4.64. The van der Waals surface area contributed by atoms with Crippen LogP contribution in [0.15, 0.2) is 24.5 Å². The van der Waals surface area contributed by atoms with Crippen molar-refractivity contribution in [2.45, 2.75) is 19.4 Å². The molecule has 8 heteroatoms. The summed E-state index contributed by atoms with van der Waals surface area (Å²) in [5.41, 5.74) is 1.56. The number of anilines is 1. The highest BCUT2D eigenvalue weighted by molar-refractivity contribution is 6.29. The molecule has 3 rings (SSSR count). The van der Waals surface area contributed by atoms with Gasteiger partial charge in [0.05, 0.1) is 12.3 Å². The molecule has 2 aromatic heterocycles. The van der Waals surface area contributed by atoms with Crippen molar-refractivity contribution in [3.8, 4) is 11.3 Å². The first-order valence-electron chi connectivity index (χ1n) is 6.87. The van der Waals surface area contributed by atoms with Gasteiger partial charge in [-0.1, -0.05) is 11.6 Å². The normalized spacial score (nSPS) is 16.0. The summed E-state index contributed by atoms with van der Waals surface area (Å²) in [5, 5.41) is 16.7. The van der Waals surface area contributed by atoms with Crippen LogP contribution in [0.4, 0.5) is 14.5 Å². The van der Waals surface area contributed by atoms with E-state index in [4.69, 9.17) is 11.6 Å². The Bertz CT molecular complexity index is 673. The predicted molar refractivity (Wildman–Crippen MR) is 79.0 cm³/mol. The van der Waals surface area contributed by atoms with E-state index < -0.39 is 6.55 Å². The highest BCUT2D eigenvalue weighted by atomic mass is 35.5. The number of halogens is 3. The number of alkyl halides is 2. The van der Waals surface area contributed by atoms with Crippen LogP contribution in [0.3, 0.4) is 0 Å². The third kappa shape index (κ3) is 3.05. The molecule has 1 fully saturated rings. The lowest BCUT2D eigenvalue weighted by Gasteiger charge is -2.16. The van der Waals surface area contributed by atoms with Gasteiger partial charge in [0.1, 0.15) is 5.15 Å². The Labute approximate surface area is 130 Å². The maximum absolute atomic E-state index is 12.6. The third-order valence-corrected chi connectivity index (χ3v) is 4.11. The van der Waals surface area contributed by atoms with Crippen LogP contribution in [0.1, 0.15) is 19.4 Å². The fraction of sp³-hybridized carbons (Fsp3) is 0.429. The van der Waals surface area contributed by atoms with E-state index in [1.165, 1.54) is 18.5 Å². The van der Waals surface area contributed by atoms with Gasteiger partial charge in [-0.25, -0.2) is 9.67 Å². The molecule has 0 saturated heterocycles. The molecule has 0 bridgehead atoms. The zero-order valence-electron chi connectivity index (χ0n) is 11.6. The lowest BCUT2D eigenvalue weighted by Crippen LogP contribution is -2.19. The number of aliphatic hydroxyl groups excluding tert-OH is 1. The molecule has 2 heterocycles. The average molecular weight is 329 g/mol. The smallest absolute Gasteiger partial charge is 0.333 e. The van der Waals surface area contributed by atoms with Crippen molar-refractivity contribution in [2.75, 3.05) is 18.5 Å². The molecular weight excluding hydrogens is 314 g/mol. The molecular formula is C14H15ClF2N4O. The van der Waals surface area contributed by atoms with Crippen molar-refractivity contribution in [3.05, 3.63) is 29.7 Å². The van der Waals surface area contributed by atoms with Crippen molar-refractivity contribution >= 4 is 17.3 Å². The van der Waals surface area contributed by atoms with Gasteiger partial charge in [-0.15, -0.1) is 0 Å². The summed E-state index contributed by atoms with van der Waals surface area (Å²) in [7, 11) is 0. The first-order chi connectivity index (χ1) is 10.5. The number of nitrogens with zero attached hydrogens (tertiary/aromatic N) is 3. The van der Waals surface area contributed by atoms with Crippen LogP contribution < -0.4 is 5.32 Å². The highest BCUT2D eigenvalue weighted by Crippen LogP contribution is 2.45. The van der Waals surface area contributed by atoms with E-state index in [2.05, 4.69) is 15.4 Å². The maximum Gasteiger partial charge on any atom is 0.333 e. The fourth-order valence-electron chi connectivity index (χ4n) is 2.22. The summed E-state index contributed by atoms with van der Waals surface area (Å²) < 4.78 is 25.9. The number of aromatic nitrogens is 3. The second-order valence-electron chi connectivity index (χ2n) is 5.52. The lowest BCUT2D eigenvalue weighted by molar-refractivity contribution is 0.0568. The van der Waals surface area contributed by atoms with Gasteiger partial charge < -0.3 is 10.4 Å². The van der Waals surface area contributed by atoms with Gasteiger partial charge in [0, 0.05) is 35.6 Å². The zero-order chi connectivity index (χ0) is 15.7. The second-order valence-corrected chi connectivity index (χ2v) is 5.91. The van der Waals surface area contributed by atoms with E-state index in [1.807, 2.05) is 0 Å². The zero-order valence-corrected chi connectivity index (χ0v) is 12.4. The van der Waals surface area contributed by atoms with Crippen LogP contribution in [0.5, 0.6) is 0 Å². The Kier molecular flexibility index (Phi) is 4.01. The van der Waals surface area contributed by atoms with Gasteiger partial charge >= 0.3 is 6.55 Å². The summed E-state index contributed by atoms with van der Waals surface area (Å²) in [4.78, 5) is 3.99. The summed E-state index contributed by atoms with van der Waals surface area (Å²) in [5.74, 6) is 0. The van der Waals surface area contributed by atoms with Gasteiger partial charge in [-0.3, -0.25) is 0 Å². The molecule has 0 radical (unpaired) electrons. The van der Waals surface area contributed by atoms with E-state index in [1.54, 1.807) is 6.07 Å². The van der Waals surface area contributed by atoms with E-state index in [-0.39, 0.29) is 12.0 Å². The molecule has 5 nitrogen and oxygen atoms in total. The Balaban J connectivity index is 1.86. The van der Waals surface area contributed by atoms with Crippen LogP contribution >= 0.6 is 11.6 Å². The van der Waals surface area contributed by atoms with Crippen molar-refractivity contribution in [3.63, 3.8) is 0 Å². The van der Waals surface area contributed by atoms with Crippen LogP contribution in [-0.4, -0.2) is 33.0 Å². The summed E-state index contributed by atoms with van der Waals surface area (Å²) in [6.45, 7) is -1.98. The van der Waals surface area contributed by atoms with Crippen molar-refractivity contribution in [1.82, 2.24) is 14.8 Å². The van der Waals surface area contributed by atoms with E-state index in [9.17, 15) is 13.9 Å². The Hall–Kier alpha value is -1.73. The van der Waals surface area contributed by atoms with Crippen molar-refractivity contribution in [1.29, 1.82) is 0 Å². The minimum Gasteiger partial charge on any atom is -0.396 e. The Morgan fingerprint density at radius 2 is 2.23 bits per heavy atom. The van der Waals surface area contributed by atoms with E-state index in [0.717, 1.165) is 12.8 Å². The molecule has 0 spiro atoms. The van der Waals surface area contributed by atoms with Crippen LogP contribution in [0, 0.1) is 5.41 Å². The van der Waals surface area contributed by atoms with Gasteiger partial charge in [0.25, 0.3) is 0 Å². The molecule has 1 aliphatic carbocycles. The number of pyridine rings is 1. The largest absolute Gasteiger partial charge is 0.396 e. The summed E-state index contributed by atoms with van der Waals surface area (Å²) >= 11 is 5.91. The van der Waals surface area contributed by atoms with E-state index in [0.29, 0.717) is 33.3 Å². The monoisotopic (exact) mass is 328 g/mol. The molecule has 2 aromatic rings. The minimum atomic E-state index is -2.69. The molecule has 22 heavy (non-hydrogen) atoms. The number of nitrogens with one attached hydrogen (secondary N) is 1. The number of aliphatic hydroxyl groups is 1. The van der Waals surface area contributed by atoms with Gasteiger partial charge in [-0.2, -0.15) is 13.9 Å². The Morgan fingerprint density at radius 3 is 2.82 bits per heavy atom. The van der Waals surface area contributed by atoms with Gasteiger partial charge in [0.2, 0.25) is 0 Å². The van der Waals surface area contributed by atoms with Gasteiger partial charge in [0.15, 0.2) is 0 Å². The summed E-state index contributed by atoms with van der Waals surface area (Å²) in [6, 6.07) is 3.13. The van der Waals surface area contributed by atoms with Crippen LogP contribution in [0.25, 0.3) is 11.3 Å². The molecule has 2 N–H and O–H groups in total. The first kappa shape index (κ1) is 15.2. The molecule has 118 valence electrons. The molecule has 0 amide bonds.